The molecule has 6 heteroatoms. The average molecular weight is 426 g/mol. The Kier molecular flexibility index (Phi) is 7.47. The second-order valence-corrected chi connectivity index (χ2v) is 7.55. The fraction of sp³-hybridized carbons (Fsp3) is 0.240. The van der Waals surface area contributed by atoms with E-state index in [0.29, 0.717) is 6.07 Å². The Morgan fingerprint density at radius 2 is 1.48 bits per heavy atom. The number of rotatable bonds is 8. The largest absolute Gasteiger partial charge is 0.315 e. The molecule has 0 saturated heterocycles. The van der Waals surface area contributed by atoms with E-state index in [9.17, 15) is 18.0 Å². The maximum absolute atomic E-state index is 14.3. The molecule has 0 bridgehead atoms. The van der Waals surface area contributed by atoms with Crippen LogP contribution in [0.3, 0.4) is 0 Å². The minimum absolute atomic E-state index is 0.0202. The number of anilines is 1. The normalized spacial score (nSPS) is 12.9. The molecular formula is C25H25F3N2O. The van der Waals surface area contributed by atoms with Gasteiger partial charge in [-0.1, -0.05) is 48.5 Å². The number of carbonyl (C=O) groups excluding carboxylic acids is 1. The predicted octanol–water partition coefficient (Wildman–Crippen LogP) is 5.42. The Bertz CT molecular complexity index is 1010. The van der Waals surface area contributed by atoms with E-state index < -0.39 is 23.5 Å². The van der Waals surface area contributed by atoms with Gasteiger partial charge in [-0.15, -0.1) is 0 Å². The summed E-state index contributed by atoms with van der Waals surface area (Å²) in [4.78, 5) is 14.5. The highest BCUT2D eigenvalue weighted by atomic mass is 19.2. The maximum Gasteiger partial charge on any atom is 0.228 e. The van der Waals surface area contributed by atoms with Gasteiger partial charge in [0.05, 0.1) is 0 Å². The number of nitrogens with one attached hydrogen (secondary N) is 1. The first kappa shape index (κ1) is 22.6. The third-order valence-electron chi connectivity index (χ3n) is 5.28. The zero-order valence-corrected chi connectivity index (χ0v) is 17.5. The molecule has 0 aliphatic heterocycles. The summed E-state index contributed by atoms with van der Waals surface area (Å²) in [6.45, 7) is 1.94. The molecule has 3 rings (SSSR count). The van der Waals surface area contributed by atoms with E-state index in [-0.39, 0.29) is 30.4 Å². The number of carbonyl (C=O) groups is 1. The second-order valence-electron chi connectivity index (χ2n) is 7.55. The van der Waals surface area contributed by atoms with Gasteiger partial charge in [-0.25, -0.2) is 13.2 Å². The lowest BCUT2D eigenvalue weighted by atomic mass is 9.99. The first-order valence-corrected chi connectivity index (χ1v) is 10.1. The van der Waals surface area contributed by atoms with E-state index in [1.54, 1.807) is 7.05 Å². The Labute approximate surface area is 180 Å². The summed E-state index contributed by atoms with van der Waals surface area (Å²) in [6.07, 6.45) is 0.0928. The highest BCUT2D eigenvalue weighted by molar-refractivity contribution is 5.93. The molecule has 0 heterocycles. The van der Waals surface area contributed by atoms with E-state index in [0.717, 1.165) is 17.3 Å². The number of nitrogens with zero attached hydrogens (tertiary/aromatic N) is 1. The van der Waals surface area contributed by atoms with Crippen LogP contribution >= 0.6 is 0 Å². The minimum Gasteiger partial charge on any atom is -0.315 e. The van der Waals surface area contributed by atoms with Gasteiger partial charge >= 0.3 is 0 Å². The summed E-state index contributed by atoms with van der Waals surface area (Å²) in [5.41, 5.74) is 1.76. The van der Waals surface area contributed by atoms with Crippen molar-refractivity contribution in [2.75, 3.05) is 11.9 Å². The van der Waals surface area contributed by atoms with Crippen LogP contribution in [0.1, 0.15) is 30.5 Å². The Hall–Kier alpha value is -3.12. The predicted molar refractivity (Wildman–Crippen MR) is 116 cm³/mol. The first-order valence-electron chi connectivity index (χ1n) is 10.1. The van der Waals surface area contributed by atoms with Gasteiger partial charge in [-0.05, 0) is 42.7 Å². The number of benzene rings is 3. The smallest absolute Gasteiger partial charge is 0.228 e. The van der Waals surface area contributed by atoms with E-state index in [1.165, 1.54) is 4.90 Å². The topological polar surface area (TPSA) is 32.3 Å². The summed E-state index contributed by atoms with van der Waals surface area (Å²) in [5, 5.41) is 3.35. The monoisotopic (exact) mass is 426 g/mol. The zero-order valence-electron chi connectivity index (χ0n) is 17.5. The van der Waals surface area contributed by atoms with E-state index in [2.05, 4.69) is 5.32 Å². The standard InChI is InChI=1S/C25H25F3N2O/c1-17(18-9-5-3-6-10-18)29-20(13-19-14-23(27)24(28)16-22(19)26)15-25(31)30(2)21-11-7-4-8-12-21/h3-12,14,16-17,20,29H,13,15H2,1-2H3/t17-,20?/m1/s1. The SMILES string of the molecule is C[C@@H](NC(CC(=O)N(C)c1ccccc1)Cc1cc(F)c(F)cc1F)c1ccccc1. The number of hydrogen-bond donors (Lipinski definition) is 1. The van der Waals surface area contributed by atoms with Crippen LogP contribution in [0, 0.1) is 17.5 Å². The van der Waals surface area contributed by atoms with Gasteiger partial charge in [-0.3, -0.25) is 4.79 Å². The summed E-state index contributed by atoms with van der Waals surface area (Å²) >= 11 is 0. The molecule has 0 aliphatic carbocycles. The van der Waals surface area contributed by atoms with Crippen molar-refractivity contribution in [1.29, 1.82) is 0 Å². The molecule has 0 fully saturated rings. The van der Waals surface area contributed by atoms with Crippen molar-refractivity contribution in [2.45, 2.75) is 31.8 Å². The maximum atomic E-state index is 14.3. The zero-order chi connectivity index (χ0) is 22.4. The van der Waals surface area contributed by atoms with E-state index in [4.69, 9.17) is 0 Å². The fourth-order valence-corrected chi connectivity index (χ4v) is 3.51. The third kappa shape index (κ3) is 5.95. The second kappa shape index (κ2) is 10.3. The molecule has 2 atom stereocenters. The number of hydrogen-bond acceptors (Lipinski definition) is 2. The molecule has 1 N–H and O–H groups in total. The van der Waals surface area contributed by atoms with E-state index >= 15 is 0 Å². The molecule has 3 aromatic rings. The van der Waals surface area contributed by atoms with Gasteiger partial charge in [0.1, 0.15) is 5.82 Å². The fourth-order valence-electron chi connectivity index (χ4n) is 3.51. The van der Waals surface area contributed by atoms with Crippen LogP contribution in [0.25, 0.3) is 0 Å². The summed E-state index contributed by atoms with van der Waals surface area (Å²) < 4.78 is 41.3. The Balaban J connectivity index is 1.81. The Morgan fingerprint density at radius 1 is 0.903 bits per heavy atom. The van der Waals surface area contributed by atoms with Gasteiger partial charge < -0.3 is 10.2 Å². The summed E-state index contributed by atoms with van der Waals surface area (Å²) in [7, 11) is 1.67. The number of amides is 1. The highest BCUT2D eigenvalue weighted by Crippen LogP contribution is 2.20. The van der Waals surface area contributed by atoms with Crippen LogP contribution < -0.4 is 10.2 Å². The van der Waals surface area contributed by atoms with Crippen LogP contribution in [0.2, 0.25) is 0 Å². The van der Waals surface area contributed by atoms with E-state index in [1.807, 2.05) is 67.6 Å². The first-order chi connectivity index (χ1) is 14.8. The molecular weight excluding hydrogens is 401 g/mol. The number of para-hydroxylation sites is 1. The van der Waals surface area contributed by atoms with Crippen LogP contribution in [0.4, 0.5) is 18.9 Å². The lowest BCUT2D eigenvalue weighted by Crippen LogP contribution is -2.39. The molecule has 0 aliphatic rings. The molecule has 3 nitrogen and oxygen atoms in total. The molecule has 0 saturated carbocycles. The molecule has 0 spiro atoms. The van der Waals surface area contributed by atoms with Crippen molar-refractivity contribution < 1.29 is 18.0 Å². The number of halogens is 3. The summed E-state index contributed by atoms with van der Waals surface area (Å²) in [6, 6.07) is 19.6. The van der Waals surface area contributed by atoms with Gasteiger partial charge in [0.2, 0.25) is 5.91 Å². The van der Waals surface area contributed by atoms with Gasteiger partial charge in [-0.2, -0.15) is 0 Å². The van der Waals surface area contributed by atoms with Gasteiger partial charge in [0.25, 0.3) is 0 Å². The van der Waals surface area contributed by atoms with Crippen molar-refractivity contribution >= 4 is 11.6 Å². The van der Waals surface area contributed by atoms with Crippen molar-refractivity contribution in [1.82, 2.24) is 5.32 Å². The lowest BCUT2D eigenvalue weighted by Gasteiger charge is -2.26. The molecule has 31 heavy (non-hydrogen) atoms. The molecule has 1 amide bonds. The van der Waals surface area contributed by atoms with Crippen molar-refractivity contribution in [3.8, 4) is 0 Å². The van der Waals surface area contributed by atoms with Gasteiger partial charge in [0, 0.05) is 37.3 Å². The summed E-state index contributed by atoms with van der Waals surface area (Å²) in [5.74, 6) is -3.35. The quantitative estimate of drug-likeness (QED) is 0.488. The minimum atomic E-state index is -1.23. The molecule has 162 valence electrons. The van der Waals surface area contributed by atoms with Crippen LogP contribution in [0.15, 0.2) is 72.8 Å². The molecule has 0 radical (unpaired) electrons. The molecule has 0 aromatic heterocycles. The third-order valence-corrected chi connectivity index (χ3v) is 5.28. The van der Waals surface area contributed by atoms with Crippen LogP contribution in [-0.4, -0.2) is 19.0 Å². The van der Waals surface area contributed by atoms with Crippen LogP contribution in [0.5, 0.6) is 0 Å². The van der Waals surface area contributed by atoms with Gasteiger partial charge in [0.15, 0.2) is 11.6 Å². The van der Waals surface area contributed by atoms with Crippen molar-refractivity contribution in [3.05, 3.63) is 101 Å². The van der Waals surface area contributed by atoms with Crippen molar-refractivity contribution in [2.24, 2.45) is 0 Å². The molecule has 1 unspecified atom stereocenters. The van der Waals surface area contributed by atoms with Crippen molar-refractivity contribution in [3.63, 3.8) is 0 Å². The highest BCUT2D eigenvalue weighted by Gasteiger charge is 2.22. The molecule has 3 aromatic carbocycles. The van der Waals surface area contributed by atoms with Crippen LogP contribution in [-0.2, 0) is 11.2 Å². The Morgan fingerprint density at radius 3 is 2.13 bits per heavy atom. The average Bonchev–Trinajstić information content (AvgIpc) is 2.78. The lowest BCUT2D eigenvalue weighted by molar-refractivity contribution is -0.118.